The van der Waals surface area contributed by atoms with Crippen LogP contribution in [-0.2, 0) is 11.3 Å². The van der Waals surface area contributed by atoms with E-state index in [-0.39, 0.29) is 19.8 Å². The predicted octanol–water partition coefficient (Wildman–Crippen LogP) is 1.33. The van der Waals surface area contributed by atoms with Crippen LogP contribution < -0.4 is 4.74 Å². The molecule has 0 bridgehead atoms. The maximum absolute atomic E-state index is 9.44. The largest absolute Gasteiger partial charge is 0.489 e. The number of hydrogen-bond acceptors (Lipinski definition) is 4. The molecule has 0 aliphatic carbocycles. The SMILES string of the molecule is COCC(O)COc1c(Br)cccc1CO. The van der Waals surface area contributed by atoms with Crippen molar-refractivity contribution in [2.24, 2.45) is 0 Å². The summed E-state index contributed by atoms with van der Waals surface area (Å²) in [7, 11) is 1.51. The van der Waals surface area contributed by atoms with Gasteiger partial charge in [-0.25, -0.2) is 0 Å². The quantitative estimate of drug-likeness (QED) is 0.830. The van der Waals surface area contributed by atoms with Crippen molar-refractivity contribution in [3.05, 3.63) is 28.2 Å². The number of para-hydroxylation sites is 1. The molecule has 1 aromatic rings. The molecule has 90 valence electrons. The van der Waals surface area contributed by atoms with Gasteiger partial charge < -0.3 is 19.7 Å². The Morgan fingerprint density at radius 2 is 2.12 bits per heavy atom. The first kappa shape index (κ1) is 13.4. The number of aliphatic hydroxyl groups excluding tert-OH is 2. The van der Waals surface area contributed by atoms with Crippen LogP contribution in [0, 0.1) is 0 Å². The smallest absolute Gasteiger partial charge is 0.139 e. The molecule has 1 rings (SSSR count). The van der Waals surface area contributed by atoms with Crippen LogP contribution in [-0.4, -0.2) is 36.6 Å². The van der Waals surface area contributed by atoms with Gasteiger partial charge in [0.1, 0.15) is 18.5 Å². The van der Waals surface area contributed by atoms with Crippen molar-refractivity contribution in [2.75, 3.05) is 20.3 Å². The fourth-order valence-electron chi connectivity index (χ4n) is 1.26. The van der Waals surface area contributed by atoms with Crippen LogP contribution in [0.4, 0.5) is 0 Å². The Labute approximate surface area is 103 Å². The lowest BCUT2D eigenvalue weighted by Gasteiger charge is -2.14. The lowest BCUT2D eigenvalue weighted by atomic mass is 10.2. The second kappa shape index (κ2) is 6.85. The molecule has 0 fully saturated rings. The number of aliphatic hydroxyl groups is 2. The van der Waals surface area contributed by atoms with E-state index in [1.165, 1.54) is 7.11 Å². The molecule has 1 unspecified atom stereocenters. The zero-order valence-electron chi connectivity index (χ0n) is 9.02. The van der Waals surface area contributed by atoms with Crippen molar-refractivity contribution in [3.63, 3.8) is 0 Å². The van der Waals surface area contributed by atoms with Crippen LogP contribution in [0.2, 0.25) is 0 Å². The zero-order chi connectivity index (χ0) is 12.0. The van der Waals surface area contributed by atoms with E-state index >= 15 is 0 Å². The van der Waals surface area contributed by atoms with Crippen LogP contribution in [0.1, 0.15) is 5.56 Å². The molecule has 1 atom stereocenters. The lowest BCUT2D eigenvalue weighted by molar-refractivity contribution is 0.0318. The number of benzene rings is 1. The van der Waals surface area contributed by atoms with Gasteiger partial charge in [0.2, 0.25) is 0 Å². The topological polar surface area (TPSA) is 58.9 Å². The summed E-state index contributed by atoms with van der Waals surface area (Å²) in [5.41, 5.74) is 0.680. The number of hydrogen-bond donors (Lipinski definition) is 2. The molecular formula is C11H15BrO4. The van der Waals surface area contributed by atoms with Crippen LogP contribution in [0.3, 0.4) is 0 Å². The average Bonchev–Trinajstić information content (AvgIpc) is 2.27. The minimum Gasteiger partial charge on any atom is -0.489 e. The van der Waals surface area contributed by atoms with E-state index in [0.29, 0.717) is 11.3 Å². The standard InChI is InChI=1S/C11H15BrO4/c1-15-6-9(14)7-16-11-8(5-13)3-2-4-10(11)12/h2-4,9,13-14H,5-7H2,1H3. The van der Waals surface area contributed by atoms with E-state index in [2.05, 4.69) is 15.9 Å². The molecule has 16 heavy (non-hydrogen) atoms. The fourth-order valence-corrected chi connectivity index (χ4v) is 1.78. The lowest BCUT2D eigenvalue weighted by Crippen LogP contribution is -2.23. The van der Waals surface area contributed by atoms with Crippen LogP contribution in [0.5, 0.6) is 5.75 Å². The minimum absolute atomic E-state index is 0.102. The van der Waals surface area contributed by atoms with Crippen molar-refractivity contribution < 1.29 is 19.7 Å². The second-order valence-corrected chi connectivity index (χ2v) is 4.16. The Morgan fingerprint density at radius 1 is 1.38 bits per heavy atom. The van der Waals surface area contributed by atoms with Crippen LogP contribution >= 0.6 is 15.9 Å². The highest BCUT2D eigenvalue weighted by Gasteiger charge is 2.10. The van der Waals surface area contributed by atoms with Gasteiger partial charge in [-0.3, -0.25) is 0 Å². The van der Waals surface area contributed by atoms with E-state index in [9.17, 15) is 5.11 Å². The Hall–Kier alpha value is -0.620. The Morgan fingerprint density at radius 3 is 2.75 bits per heavy atom. The minimum atomic E-state index is -0.677. The van der Waals surface area contributed by atoms with Gasteiger partial charge in [-0.15, -0.1) is 0 Å². The molecule has 0 saturated heterocycles. The molecule has 4 nitrogen and oxygen atoms in total. The maximum Gasteiger partial charge on any atom is 0.139 e. The maximum atomic E-state index is 9.44. The second-order valence-electron chi connectivity index (χ2n) is 3.31. The van der Waals surface area contributed by atoms with Gasteiger partial charge in [-0.05, 0) is 22.0 Å². The Bertz CT molecular complexity index is 330. The van der Waals surface area contributed by atoms with Crippen molar-refractivity contribution in [1.29, 1.82) is 0 Å². The highest BCUT2D eigenvalue weighted by Crippen LogP contribution is 2.29. The zero-order valence-corrected chi connectivity index (χ0v) is 10.6. The van der Waals surface area contributed by atoms with Gasteiger partial charge in [0.25, 0.3) is 0 Å². The summed E-state index contributed by atoms with van der Waals surface area (Å²) in [5.74, 6) is 0.556. The number of methoxy groups -OCH3 is 1. The number of ether oxygens (including phenoxy) is 2. The monoisotopic (exact) mass is 290 g/mol. The van der Waals surface area contributed by atoms with Gasteiger partial charge in [0, 0.05) is 12.7 Å². The van der Waals surface area contributed by atoms with Crippen LogP contribution in [0.25, 0.3) is 0 Å². The van der Waals surface area contributed by atoms with Gasteiger partial charge in [0.15, 0.2) is 0 Å². The molecule has 0 spiro atoms. The molecular weight excluding hydrogens is 276 g/mol. The van der Waals surface area contributed by atoms with Gasteiger partial charge >= 0.3 is 0 Å². The summed E-state index contributed by atoms with van der Waals surface area (Å²) in [5, 5.41) is 18.6. The molecule has 0 aromatic heterocycles. The molecule has 5 heteroatoms. The van der Waals surface area contributed by atoms with Gasteiger partial charge in [0.05, 0.1) is 17.7 Å². The van der Waals surface area contributed by atoms with Crippen molar-refractivity contribution in [2.45, 2.75) is 12.7 Å². The van der Waals surface area contributed by atoms with E-state index < -0.39 is 6.10 Å². The summed E-state index contributed by atoms with van der Waals surface area (Å²) in [4.78, 5) is 0. The third-order valence-corrected chi connectivity index (χ3v) is 2.62. The van der Waals surface area contributed by atoms with Gasteiger partial charge in [-0.1, -0.05) is 12.1 Å². The molecule has 1 aromatic carbocycles. The highest BCUT2D eigenvalue weighted by molar-refractivity contribution is 9.10. The highest BCUT2D eigenvalue weighted by atomic mass is 79.9. The number of rotatable bonds is 6. The first-order valence-corrected chi connectivity index (χ1v) is 5.66. The predicted molar refractivity (Wildman–Crippen MR) is 63.4 cm³/mol. The van der Waals surface area contributed by atoms with E-state index in [0.717, 1.165) is 4.47 Å². The molecule has 0 saturated carbocycles. The third-order valence-electron chi connectivity index (χ3n) is 2.00. The molecule has 0 aliphatic heterocycles. The van der Waals surface area contributed by atoms with Crippen LogP contribution in [0.15, 0.2) is 22.7 Å². The van der Waals surface area contributed by atoms with E-state index in [4.69, 9.17) is 14.6 Å². The molecule has 2 N–H and O–H groups in total. The fraction of sp³-hybridized carbons (Fsp3) is 0.455. The van der Waals surface area contributed by atoms with Crippen molar-refractivity contribution in [1.82, 2.24) is 0 Å². The summed E-state index contributed by atoms with van der Waals surface area (Å²) in [6.45, 7) is 0.248. The summed E-state index contributed by atoms with van der Waals surface area (Å²) >= 11 is 3.33. The first-order valence-electron chi connectivity index (χ1n) is 4.87. The normalized spacial score (nSPS) is 12.5. The molecule has 0 aliphatic rings. The van der Waals surface area contributed by atoms with Gasteiger partial charge in [-0.2, -0.15) is 0 Å². The summed E-state index contributed by atoms with van der Waals surface area (Å²) in [6, 6.07) is 5.40. The van der Waals surface area contributed by atoms with Crippen molar-refractivity contribution >= 4 is 15.9 Å². The average molecular weight is 291 g/mol. The molecule has 0 radical (unpaired) electrons. The first-order chi connectivity index (χ1) is 7.69. The summed E-state index contributed by atoms with van der Waals surface area (Å²) < 4.78 is 11.0. The van der Waals surface area contributed by atoms with Crippen molar-refractivity contribution in [3.8, 4) is 5.75 Å². The Balaban J connectivity index is 2.65. The third kappa shape index (κ3) is 3.75. The Kier molecular flexibility index (Phi) is 5.76. The molecule has 0 amide bonds. The van der Waals surface area contributed by atoms with E-state index in [1.807, 2.05) is 12.1 Å². The number of halogens is 1. The van der Waals surface area contributed by atoms with E-state index in [1.54, 1.807) is 6.07 Å². The molecule has 0 heterocycles. The summed E-state index contributed by atoms with van der Waals surface area (Å²) in [6.07, 6.45) is -0.677.